The van der Waals surface area contributed by atoms with Gasteiger partial charge in [0.2, 0.25) is 0 Å². The van der Waals surface area contributed by atoms with E-state index in [0.29, 0.717) is 17.9 Å². The molecular formula is C22H22F3NOS. The molecule has 2 nitrogen and oxygen atoms in total. The van der Waals surface area contributed by atoms with Crippen LogP contribution in [0.2, 0.25) is 0 Å². The Labute approximate surface area is 167 Å². The molecule has 28 heavy (non-hydrogen) atoms. The summed E-state index contributed by atoms with van der Waals surface area (Å²) >= 11 is 1.52. The zero-order chi connectivity index (χ0) is 20.3. The van der Waals surface area contributed by atoms with Gasteiger partial charge in [-0.25, -0.2) is 0 Å². The fourth-order valence-corrected chi connectivity index (χ4v) is 4.48. The summed E-state index contributed by atoms with van der Waals surface area (Å²) < 4.78 is 37.8. The third-order valence-corrected chi connectivity index (χ3v) is 5.91. The molecule has 1 unspecified atom stereocenters. The van der Waals surface area contributed by atoms with Gasteiger partial charge >= 0.3 is 6.18 Å². The predicted octanol–water partition coefficient (Wildman–Crippen LogP) is 6.71. The molecule has 1 aliphatic rings. The van der Waals surface area contributed by atoms with Crippen LogP contribution in [0.3, 0.4) is 0 Å². The number of hydrogen-bond donors (Lipinski definition) is 2. The van der Waals surface area contributed by atoms with Crippen LogP contribution in [0.5, 0.6) is 0 Å². The summed E-state index contributed by atoms with van der Waals surface area (Å²) in [4.78, 5) is 0.806. The van der Waals surface area contributed by atoms with E-state index in [2.05, 4.69) is 6.58 Å². The molecule has 2 aromatic rings. The van der Waals surface area contributed by atoms with Gasteiger partial charge in [-0.05, 0) is 60.4 Å². The van der Waals surface area contributed by atoms with Gasteiger partial charge in [0.25, 0.3) is 0 Å². The summed E-state index contributed by atoms with van der Waals surface area (Å²) in [5, 5.41) is 10.6. The maximum atomic E-state index is 12.6. The van der Waals surface area contributed by atoms with Crippen LogP contribution >= 0.6 is 11.8 Å². The molecule has 3 rings (SSSR count). The summed E-state index contributed by atoms with van der Waals surface area (Å²) in [5.74, 6) is 1.32. The van der Waals surface area contributed by atoms with Crippen molar-refractivity contribution in [3.05, 3.63) is 77.6 Å². The first-order chi connectivity index (χ1) is 13.3. The summed E-state index contributed by atoms with van der Waals surface area (Å²) in [7, 11) is 0. The maximum Gasteiger partial charge on any atom is 0.416 e. The van der Waals surface area contributed by atoms with E-state index in [1.165, 1.54) is 23.9 Å². The Balaban J connectivity index is 1.59. The lowest BCUT2D eigenvalue weighted by molar-refractivity contribution is -0.137. The monoisotopic (exact) mass is 405 g/mol. The Hall–Kier alpha value is -2.34. The van der Waals surface area contributed by atoms with Crippen LogP contribution in [-0.4, -0.2) is 10.9 Å². The van der Waals surface area contributed by atoms with Crippen LogP contribution in [0.25, 0.3) is 5.57 Å². The maximum absolute atomic E-state index is 12.6. The van der Waals surface area contributed by atoms with Gasteiger partial charge in [0.1, 0.15) is 5.76 Å². The molecule has 0 saturated heterocycles. The van der Waals surface area contributed by atoms with Crippen LogP contribution in [-0.2, 0) is 6.18 Å². The van der Waals surface area contributed by atoms with E-state index in [9.17, 15) is 18.3 Å². The number of rotatable bonds is 5. The average molecular weight is 405 g/mol. The Morgan fingerprint density at radius 2 is 1.75 bits per heavy atom. The number of halogens is 3. The number of para-hydroxylation sites is 1. The normalized spacial score (nSPS) is 17.8. The lowest BCUT2D eigenvalue weighted by atomic mass is 9.80. The molecule has 0 fully saturated rings. The fourth-order valence-electron chi connectivity index (χ4n) is 3.46. The Morgan fingerprint density at radius 1 is 1.07 bits per heavy atom. The van der Waals surface area contributed by atoms with Crippen molar-refractivity contribution in [2.75, 3.05) is 11.5 Å². The lowest BCUT2D eigenvalue weighted by Crippen LogP contribution is -2.13. The first kappa shape index (κ1) is 20.4. The quantitative estimate of drug-likeness (QED) is 0.429. The predicted molar refractivity (Wildman–Crippen MR) is 109 cm³/mol. The molecular weight excluding hydrogens is 383 g/mol. The lowest BCUT2D eigenvalue weighted by Gasteiger charge is -2.27. The van der Waals surface area contributed by atoms with Gasteiger partial charge < -0.3 is 10.8 Å². The Kier molecular flexibility index (Phi) is 6.08. The molecule has 148 valence electrons. The highest BCUT2D eigenvalue weighted by Crippen LogP contribution is 2.41. The number of alkyl halides is 3. The van der Waals surface area contributed by atoms with E-state index in [1.807, 2.05) is 18.2 Å². The molecule has 1 atom stereocenters. The Morgan fingerprint density at radius 3 is 2.36 bits per heavy atom. The molecule has 0 saturated carbocycles. The standard InChI is InChI=1S/C22H22F3NOS/c1-14-12-15(13-20(27)21(14)18-4-2-3-5-19(18)26)10-11-28-17-8-6-16(7-9-17)22(23,24)25/h2-9,15,27H,1,10-13,26H2. The number of benzene rings is 2. The molecule has 2 aromatic carbocycles. The topological polar surface area (TPSA) is 46.2 Å². The van der Waals surface area contributed by atoms with Crippen LogP contribution in [0.4, 0.5) is 18.9 Å². The highest BCUT2D eigenvalue weighted by molar-refractivity contribution is 7.99. The number of nitrogen functional groups attached to an aromatic ring is 1. The summed E-state index contributed by atoms with van der Waals surface area (Å²) in [6, 6.07) is 12.6. The smallest absolute Gasteiger partial charge is 0.416 e. The number of aliphatic hydroxyl groups is 1. The van der Waals surface area contributed by atoms with Crippen molar-refractivity contribution >= 4 is 23.0 Å². The second-order valence-electron chi connectivity index (χ2n) is 6.95. The van der Waals surface area contributed by atoms with Crippen molar-refractivity contribution < 1.29 is 18.3 Å². The molecule has 1 aliphatic carbocycles. The first-order valence-electron chi connectivity index (χ1n) is 9.01. The molecule has 0 heterocycles. The minimum atomic E-state index is -4.31. The van der Waals surface area contributed by atoms with Gasteiger partial charge in [-0.2, -0.15) is 13.2 Å². The molecule has 0 spiro atoms. The molecule has 3 N–H and O–H groups in total. The van der Waals surface area contributed by atoms with Gasteiger partial charge in [0.15, 0.2) is 0 Å². The van der Waals surface area contributed by atoms with Crippen molar-refractivity contribution in [1.29, 1.82) is 0 Å². The number of aliphatic hydroxyl groups excluding tert-OH is 1. The number of anilines is 1. The van der Waals surface area contributed by atoms with Gasteiger partial charge in [0, 0.05) is 28.1 Å². The van der Waals surface area contributed by atoms with Gasteiger partial charge in [-0.15, -0.1) is 11.8 Å². The van der Waals surface area contributed by atoms with Gasteiger partial charge in [0.05, 0.1) is 5.56 Å². The highest BCUT2D eigenvalue weighted by atomic mass is 32.2. The van der Waals surface area contributed by atoms with E-state index >= 15 is 0 Å². The second-order valence-corrected chi connectivity index (χ2v) is 8.11. The number of nitrogens with two attached hydrogens (primary N) is 1. The van der Waals surface area contributed by atoms with Gasteiger partial charge in [-0.3, -0.25) is 0 Å². The largest absolute Gasteiger partial charge is 0.512 e. The molecule has 0 radical (unpaired) electrons. The minimum absolute atomic E-state index is 0.253. The van der Waals surface area contributed by atoms with E-state index in [4.69, 9.17) is 5.73 Å². The van der Waals surface area contributed by atoms with Crippen molar-refractivity contribution in [2.45, 2.75) is 30.3 Å². The second kappa shape index (κ2) is 8.35. The highest BCUT2D eigenvalue weighted by Gasteiger charge is 2.30. The zero-order valence-corrected chi connectivity index (χ0v) is 16.1. The Bertz CT molecular complexity index is 887. The van der Waals surface area contributed by atoms with E-state index < -0.39 is 11.7 Å². The van der Waals surface area contributed by atoms with Crippen molar-refractivity contribution in [3.63, 3.8) is 0 Å². The molecule has 6 heteroatoms. The van der Waals surface area contributed by atoms with Crippen LogP contribution < -0.4 is 5.73 Å². The zero-order valence-electron chi connectivity index (χ0n) is 15.3. The van der Waals surface area contributed by atoms with Crippen molar-refractivity contribution in [1.82, 2.24) is 0 Å². The van der Waals surface area contributed by atoms with Crippen LogP contribution in [0.1, 0.15) is 30.4 Å². The molecule has 0 aromatic heterocycles. The molecule has 0 aliphatic heterocycles. The molecule has 0 bridgehead atoms. The van der Waals surface area contributed by atoms with Crippen LogP contribution in [0, 0.1) is 5.92 Å². The third kappa shape index (κ3) is 4.73. The van der Waals surface area contributed by atoms with E-state index in [-0.39, 0.29) is 5.92 Å². The molecule has 0 amide bonds. The number of thioether (sulfide) groups is 1. The SMILES string of the molecule is C=C1CC(CCSc2ccc(C(F)(F)F)cc2)CC(O)=C1c1ccccc1N. The van der Waals surface area contributed by atoms with Crippen molar-refractivity contribution in [3.8, 4) is 0 Å². The minimum Gasteiger partial charge on any atom is -0.512 e. The summed E-state index contributed by atoms with van der Waals surface area (Å²) in [6.07, 6.45) is -2.15. The average Bonchev–Trinajstić information content (AvgIpc) is 2.62. The fraction of sp³-hybridized carbons (Fsp3) is 0.273. The number of allylic oxidation sites excluding steroid dienone is 3. The number of hydrogen-bond acceptors (Lipinski definition) is 3. The first-order valence-corrected chi connectivity index (χ1v) is 9.99. The summed E-state index contributed by atoms with van der Waals surface area (Å²) in [5.41, 5.74) is 8.42. The van der Waals surface area contributed by atoms with E-state index in [0.717, 1.165) is 52.3 Å². The van der Waals surface area contributed by atoms with Gasteiger partial charge in [-0.1, -0.05) is 24.8 Å². The van der Waals surface area contributed by atoms with Crippen molar-refractivity contribution in [2.24, 2.45) is 5.92 Å². The van der Waals surface area contributed by atoms with Crippen LogP contribution in [0.15, 0.2) is 71.3 Å². The van der Waals surface area contributed by atoms with E-state index in [1.54, 1.807) is 6.07 Å². The summed E-state index contributed by atoms with van der Waals surface area (Å²) in [6.45, 7) is 4.13. The third-order valence-electron chi connectivity index (χ3n) is 4.87.